The van der Waals surface area contributed by atoms with E-state index in [4.69, 9.17) is 4.74 Å². The predicted molar refractivity (Wildman–Crippen MR) is 90.1 cm³/mol. The van der Waals surface area contributed by atoms with Gasteiger partial charge in [0.1, 0.15) is 5.82 Å². The fraction of sp³-hybridized carbons (Fsp3) is 0.467. The summed E-state index contributed by atoms with van der Waals surface area (Å²) in [6.07, 6.45) is -0.510. The number of esters is 1. The lowest BCUT2D eigenvalue weighted by Gasteiger charge is -2.14. The second kappa shape index (κ2) is 7.98. The van der Waals surface area contributed by atoms with Crippen molar-refractivity contribution in [3.8, 4) is 0 Å². The highest BCUT2D eigenvalue weighted by Gasteiger charge is 2.29. The first kappa shape index (κ1) is 18.7. The first-order valence-corrected chi connectivity index (χ1v) is 10.2. The van der Waals surface area contributed by atoms with Gasteiger partial charge in [-0.15, -0.1) is 11.8 Å². The quantitative estimate of drug-likeness (QED) is 0.760. The van der Waals surface area contributed by atoms with Crippen LogP contribution in [0.5, 0.6) is 0 Å². The van der Waals surface area contributed by atoms with E-state index in [0.29, 0.717) is 6.42 Å². The maximum atomic E-state index is 13.0. The van der Waals surface area contributed by atoms with Gasteiger partial charge in [-0.05, 0) is 31.5 Å². The number of amides is 1. The number of ether oxygens (including phenoxy) is 1. The molecule has 1 aliphatic rings. The summed E-state index contributed by atoms with van der Waals surface area (Å²) in [4.78, 5) is 23.7. The number of halogens is 1. The Morgan fingerprint density at radius 1 is 1.46 bits per heavy atom. The number of anilines is 1. The third kappa shape index (κ3) is 5.79. The van der Waals surface area contributed by atoms with E-state index in [1.807, 2.05) is 0 Å². The van der Waals surface area contributed by atoms with Gasteiger partial charge < -0.3 is 10.1 Å². The Hall–Kier alpha value is -1.61. The van der Waals surface area contributed by atoms with Gasteiger partial charge in [-0.25, -0.2) is 12.8 Å². The third-order valence-corrected chi connectivity index (χ3v) is 6.65. The second-order valence-corrected chi connectivity index (χ2v) is 8.99. The Kier molecular flexibility index (Phi) is 6.22. The van der Waals surface area contributed by atoms with Crippen LogP contribution >= 0.6 is 11.8 Å². The Balaban J connectivity index is 1.75. The molecule has 24 heavy (non-hydrogen) atoms. The molecule has 1 aromatic rings. The molecule has 1 fully saturated rings. The molecule has 1 aromatic carbocycles. The molecule has 9 heteroatoms. The number of sulfone groups is 1. The zero-order chi connectivity index (χ0) is 17.7. The SMILES string of the molecule is C[C@H](OC(=O)CS[C@H]1CCS(=O)(=O)C1)C(=O)Nc1cccc(F)c1. The van der Waals surface area contributed by atoms with Crippen molar-refractivity contribution in [2.24, 2.45) is 0 Å². The van der Waals surface area contributed by atoms with Crippen molar-refractivity contribution < 1.29 is 27.1 Å². The van der Waals surface area contributed by atoms with Gasteiger partial charge in [-0.3, -0.25) is 9.59 Å². The first-order valence-electron chi connectivity index (χ1n) is 7.33. The lowest BCUT2D eigenvalue weighted by atomic mass is 10.3. The largest absolute Gasteiger partial charge is 0.452 e. The number of carbonyl (C=O) groups excluding carboxylic acids is 2. The minimum atomic E-state index is -2.99. The highest BCUT2D eigenvalue weighted by Crippen LogP contribution is 2.24. The van der Waals surface area contributed by atoms with E-state index in [2.05, 4.69) is 5.32 Å². The van der Waals surface area contributed by atoms with Gasteiger partial charge in [0.2, 0.25) is 0 Å². The molecule has 132 valence electrons. The van der Waals surface area contributed by atoms with Gasteiger partial charge >= 0.3 is 5.97 Å². The molecule has 6 nitrogen and oxygen atoms in total. The Labute approximate surface area is 144 Å². The zero-order valence-electron chi connectivity index (χ0n) is 13.0. The highest BCUT2D eigenvalue weighted by atomic mass is 32.2. The van der Waals surface area contributed by atoms with E-state index < -0.39 is 33.6 Å². The predicted octanol–water partition coefficient (Wildman–Crippen LogP) is 1.62. The van der Waals surface area contributed by atoms with Crippen molar-refractivity contribution in [1.82, 2.24) is 0 Å². The van der Waals surface area contributed by atoms with Crippen LogP contribution in [0.2, 0.25) is 0 Å². The molecule has 1 amide bonds. The number of benzene rings is 1. The molecule has 0 saturated carbocycles. The lowest BCUT2D eigenvalue weighted by Crippen LogP contribution is -2.30. The van der Waals surface area contributed by atoms with Crippen molar-refractivity contribution in [3.63, 3.8) is 0 Å². The average Bonchev–Trinajstić information content (AvgIpc) is 2.84. The molecular formula is C15H18FNO5S2. The summed E-state index contributed by atoms with van der Waals surface area (Å²) >= 11 is 1.22. The second-order valence-electron chi connectivity index (χ2n) is 5.47. The maximum absolute atomic E-state index is 13.0. The lowest BCUT2D eigenvalue weighted by molar-refractivity contribution is -0.150. The summed E-state index contributed by atoms with van der Waals surface area (Å²) in [5.74, 6) is -1.45. The van der Waals surface area contributed by atoms with Crippen LogP contribution < -0.4 is 5.32 Å². The number of nitrogens with one attached hydrogen (secondary N) is 1. The first-order chi connectivity index (χ1) is 11.2. The molecule has 2 atom stereocenters. The average molecular weight is 375 g/mol. The van der Waals surface area contributed by atoms with E-state index in [0.717, 1.165) is 6.07 Å². The van der Waals surface area contributed by atoms with Gasteiger partial charge in [0.25, 0.3) is 5.91 Å². The van der Waals surface area contributed by atoms with Gasteiger partial charge in [-0.1, -0.05) is 6.07 Å². The van der Waals surface area contributed by atoms with E-state index in [1.54, 1.807) is 0 Å². The normalized spacial score (nSPS) is 20.3. The molecule has 1 heterocycles. The molecular weight excluding hydrogens is 357 g/mol. The monoisotopic (exact) mass is 375 g/mol. The maximum Gasteiger partial charge on any atom is 0.316 e. The molecule has 0 aromatic heterocycles. The van der Waals surface area contributed by atoms with Crippen LogP contribution in [0.3, 0.4) is 0 Å². The summed E-state index contributed by atoms with van der Waals surface area (Å²) in [5, 5.41) is 2.34. The molecule has 1 saturated heterocycles. The summed E-state index contributed by atoms with van der Waals surface area (Å²) in [5.41, 5.74) is 0.272. The van der Waals surface area contributed by atoms with Crippen LogP contribution in [0.15, 0.2) is 24.3 Å². The molecule has 0 unspecified atom stereocenters. The van der Waals surface area contributed by atoms with E-state index in [9.17, 15) is 22.4 Å². The minimum absolute atomic E-state index is 0.0161. The smallest absolute Gasteiger partial charge is 0.316 e. The molecule has 1 aliphatic heterocycles. The van der Waals surface area contributed by atoms with E-state index >= 15 is 0 Å². The summed E-state index contributed by atoms with van der Waals surface area (Å²) < 4.78 is 40.7. The van der Waals surface area contributed by atoms with E-state index in [1.165, 1.54) is 36.9 Å². The minimum Gasteiger partial charge on any atom is -0.452 e. The van der Waals surface area contributed by atoms with E-state index in [-0.39, 0.29) is 28.2 Å². The van der Waals surface area contributed by atoms with Gasteiger partial charge in [0.15, 0.2) is 15.9 Å². The van der Waals surface area contributed by atoms with Crippen LogP contribution in [0.1, 0.15) is 13.3 Å². The van der Waals surface area contributed by atoms with Crippen LogP contribution in [-0.4, -0.2) is 48.9 Å². The number of hydrogen-bond acceptors (Lipinski definition) is 6. The topological polar surface area (TPSA) is 89.5 Å². The van der Waals surface area contributed by atoms with Gasteiger partial charge in [-0.2, -0.15) is 0 Å². The third-order valence-electron chi connectivity index (χ3n) is 3.40. The van der Waals surface area contributed by atoms with Gasteiger partial charge in [0.05, 0.1) is 17.3 Å². The van der Waals surface area contributed by atoms with Crippen molar-refractivity contribution in [2.75, 3.05) is 22.6 Å². The number of hydrogen-bond donors (Lipinski definition) is 1. The summed E-state index contributed by atoms with van der Waals surface area (Å²) in [6, 6.07) is 5.38. The Morgan fingerprint density at radius 2 is 2.21 bits per heavy atom. The molecule has 0 aliphatic carbocycles. The number of thioether (sulfide) groups is 1. The van der Waals surface area contributed by atoms with Crippen molar-refractivity contribution in [3.05, 3.63) is 30.1 Å². The number of carbonyl (C=O) groups is 2. The molecule has 1 N–H and O–H groups in total. The standard InChI is InChI=1S/C15H18FNO5S2/c1-10(15(19)17-12-4-2-3-11(16)7-12)22-14(18)8-23-13-5-6-24(20,21)9-13/h2-4,7,10,13H,5-6,8-9H2,1H3,(H,17,19)/t10-,13-/m0/s1. The van der Waals surface area contributed by atoms with Crippen molar-refractivity contribution in [1.29, 1.82) is 0 Å². The van der Waals surface area contributed by atoms with Crippen LogP contribution in [-0.2, 0) is 24.2 Å². The summed E-state index contributed by atoms with van der Waals surface area (Å²) in [6.45, 7) is 1.41. The summed E-state index contributed by atoms with van der Waals surface area (Å²) in [7, 11) is -2.99. The molecule has 0 bridgehead atoms. The van der Waals surface area contributed by atoms with Crippen LogP contribution in [0, 0.1) is 5.82 Å². The fourth-order valence-electron chi connectivity index (χ4n) is 2.17. The fourth-order valence-corrected chi connectivity index (χ4v) is 5.60. The Bertz CT molecular complexity index is 722. The zero-order valence-corrected chi connectivity index (χ0v) is 14.7. The highest BCUT2D eigenvalue weighted by molar-refractivity contribution is 8.02. The molecule has 2 rings (SSSR count). The number of rotatable bonds is 6. The Morgan fingerprint density at radius 3 is 2.83 bits per heavy atom. The van der Waals surface area contributed by atoms with Gasteiger partial charge in [0, 0.05) is 10.9 Å². The molecule has 0 spiro atoms. The molecule has 0 radical (unpaired) electrons. The van der Waals surface area contributed by atoms with Crippen molar-refractivity contribution >= 4 is 39.2 Å². The van der Waals surface area contributed by atoms with Crippen LogP contribution in [0.4, 0.5) is 10.1 Å². The van der Waals surface area contributed by atoms with Crippen molar-refractivity contribution in [2.45, 2.75) is 24.7 Å². The van der Waals surface area contributed by atoms with Crippen LogP contribution in [0.25, 0.3) is 0 Å².